The number of hydrogen-bond donors (Lipinski definition) is 2. The van der Waals surface area contributed by atoms with Crippen molar-refractivity contribution in [3.05, 3.63) is 36.8 Å². The van der Waals surface area contributed by atoms with Gasteiger partial charge in [0.25, 0.3) is 0 Å². The highest BCUT2D eigenvalue weighted by Gasteiger charge is 2.11. The molecular weight excluding hydrogens is 268 g/mol. The van der Waals surface area contributed by atoms with E-state index in [1.54, 1.807) is 29.3 Å². The Bertz CT molecular complexity index is 574. The van der Waals surface area contributed by atoms with Gasteiger partial charge in [0, 0.05) is 38.6 Å². The lowest BCUT2D eigenvalue weighted by atomic mass is 10.3. The highest BCUT2D eigenvalue weighted by atomic mass is 16.2. The van der Waals surface area contributed by atoms with E-state index in [-0.39, 0.29) is 12.5 Å². The molecule has 2 aromatic rings. The van der Waals surface area contributed by atoms with Crippen molar-refractivity contribution >= 4 is 17.4 Å². The number of amides is 1. The molecule has 0 saturated carbocycles. The summed E-state index contributed by atoms with van der Waals surface area (Å²) in [6, 6.07) is 5.61. The molecule has 2 aromatic heterocycles. The Kier molecular flexibility index (Phi) is 4.11. The van der Waals surface area contributed by atoms with Crippen molar-refractivity contribution in [2.24, 2.45) is 0 Å². The predicted molar refractivity (Wildman–Crippen MR) is 80.2 cm³/mol. The van der Waals surface area contributed by atoms with Crippen LogP contribution in [0.15, 0.2) is 36.8 Å². The van der Waals surface area contributed by atoms with Crippen molar-refractivity contribution in [2.75, 3.05) is 36.4 Å². The van der Waals surface area contributed by atoms with E-state index in [4.69, 9.17) is 0 Å². The highest BCUT2D eigenvalue weighted by molar-refractivity contribution is 5.89. The number of rotatable bonds is 4. The van der Waals surface area contributed by atoms with Crippen molar-refractivity contribution in [3.8, 4) is 0 Å². The van der Waals surface area contributed by atoms with Gasteiger partial charge in [-0.3, -0.25) is 9.48 Å². The summed E-state index contributed by atoms with van der Waals surface area (Å²) in [4.78, 5) is 18.4. The number of nitrogens with one attached hydrogen (secondary N) is 2. The van der Waals surface area contributed by atoms with Crippen molar-refractivity contribution < 1.29 is 4.79 Å². The fourth-order valence-corrected chi connectivity index (χ4v) is 2.29. The lowest BCUT2D eigenvalue weighted by Gasteiger charge is -2.29. The third-order valence-electron chi connectivity index (χ3n) is 3.36. The number of pyridine rings is 1. The lowest BCUT2D eigenvalue weighted by Crippen LogP contribution is -2.43. The topological polar surface area (TPSA) is 75.1 Å². The number of nitrogens with zero attached hydrogens (tertiary/aromatic N) is 4. The first kappa shape index (κ1) is 13.6. The van der Waals surface area contributed by atoms with Gasteiger partial charge in [-0.1, -0.05) is 0 Å². The van der Waals surface area contributed by atoms with Crippen LogP contribution in [0.5, 0.6) is 0 Å². The molecule has 1 fully saturated rings. The third kappa shape index (κ3) is 3.57. The van der Waals surface area contributed by atoms with E-state index < -0.39 is 0 Å². The van der Waals surface area contributed by atoms with Crippen molar-refractivity contribution in [3.63, 3.8) is 0 Å². The average molecular weight is 286 g/mol. The third-order valence-corrected chi connectivity index (χ3v) is 3.36. The second-order valence-electron chi connectivity index (χ2n) is 4.89. The molecule has 0 spiro atoms. The van der Waals surface area contributed by atoms with Gasteiger partial charge < -0.3 is 15.5 Å². The molecule has 1 aliphatic heterocycles. The smallest absolute Gasteiger partial charge is 0.247 e. The molecule has 21 heavy (non-hydrogen) atoms. The summed E-state index contributed by atoms with van der Waals surface area (Å²) in [7, 11) is 0. The standard InChI is InChI=1S/C14H18N6O/c21-14(11-20-7-1-4-17-20)18-13-3-2-12(10-16-13)19-8-5-15-6-9-19/h1-4,7,10,15H,5-6,8-9,11H2,(H,16,18,21). The Labute approximate surface area is 123 Å². The summed E-state index contributed by atoms with van der Waals surface area (Å²) < 4.78 is 1.57. The van der Waals surface area contributed by atoms with Crippen LogP contribution in [0.25, 0.3) is 0 Å². The van der Waals surface area contributed by atoms with Crippen LogP contribution in [0.1, 0.15) is 0 Å². The van der Waals surface area contributed by atoms with Crippen LogP contribution in [0.2, 0.25) is 0 Å². The van der Waals surface area contributed by atoms with Gasteiger partial charge in [0.15, 0.2) is 0 Å². The van der Waals surface area contributed by atoms with Crippen LogP contribution in [0.3, 0.4) is 0 Å². The molecule has 7 heteroatoms. The fraction of sp³-hybridized carbons (Fsp3) is 0.357. The molecule has 3 heterocycles. The van der Waals surface area contributed by atoms with Gasteiger partial charge in [-0.25, -0.2) is 4.98 Å². The summed E-state index contributed by atoms with van der Waals surface area (Å²) in [5.74, 6) is 0.423. The maximum absolute atomic E-state index is 11.8. The minimum atomic E-state index is -0.138. The minimum absolute atomic E-state index is 0.138. The molecule has 0 radical (unpaired) electrons. The van der Waals surface area contributed by atoms with Gasteiger partial charge in [0.05, 0.1) is 11.9 Å². The van der Waals surface area contributed by atoms with E-state index in [0.717, 1.165) is 31.9 Å². The zero-order valence-corrected chi connectivity index (χ0v) is 11.7. The Balaban J connectivity index is 1.57. The van der Waals surface area contributed by atoms with E-state index in [1.165, 1.54) is 0 Å². The molecule has 0 bridgehead atoms. The fourth-order valence-electron chi connectivity index (χ4n) is 2.29. The van der Waals surface area contributed by atoms with Crippen molar-refractivity contribution in [2.45, 2.75) is 6.54 Å². The molecule has 1 amide bonds. The summed E-state index contributed by atoms with van der Waals surface area (Å²) >= 11 is 0. The molecule has 2 N–H and O–H groups in total. The van der Waals surface area contributed by atoms with Crippen LogP contribution in [-0.4, -0.2) is 46.9 Å². The Morgan fingerprint density at radius 3 is 2.86 bits per heavy atom. The van der Waals surface area contributed by atoms with E-state index in [1.807, 2.05) is 12.1 Å². The zero-order chi connectivity index (χ0) is 14.5. The quantitative estimate of drug-likeness (QED) is 0.847. The van der Waals surface area contributed by atoms with Crippen LogP contribution >= 0.6 is 0 Å². The number of aromatic nitrogens is 3. The summed E-state index contributed by atoms with van der Waals surface area (Å²) in [5, 5.41) is 10.1. The van der Waals surface area contributed by atoms with E-state index in [0.29, 0.717) is 5.82 Å². The van der Waals surface area contributed by atoms with Crippen LogP contribution in [-0.2, 0) is 11.3 Å². The van der Waals surface area contributed by atoms with E-state index in [2.05, 4.69) is 25.6 Å². The van der Waals surface area contributed by atoms with Gasteiger partial charge >= 0.3 is 0 Å². The van der Waals surface area contributed by atoms with Crippen LogP contribution in [0.4, 0.5) is 11.5 Å². The van der Waals surface area contributed by atoms with Gasteiger partial charge in [0.1, 0.15) is 12.4 Å². The molecule has 7 nitrogen and oxygen atoms in total. The minimum Gasteiger partial charge on any atom is -0.368 e. The number of carbonyl (C=O) groups is 1. The highest BCUT2D eigenvalue weighted by Crippen LogP contribution is 2.15. The predicted octanol–water partition coefficient (Wildman–Crippen LogP) is 0.326. The summed E-state index contributed by atoms with van der Waals surface area (Å²) in [6.45, 7) is 4.12. The number of piperazine rings is 1. The van der Waals surface area contributed by atoms with Crippen LogP contribution in [0, 0.1) is 0 Å². The second-order valence-corrected chi connectivity index (χ2v) is 4.89. The average Bonchev–Trinajstić information content (AvgIpc) is 3.02. The van der Waals surface area contributed by atoms with E-state index >= 15 is 0 Å². The van der Waals surface area contributed by atoms with E-state index in [9.17, 15) is 4.79 Å². The molecule has 0 atom stereocenters. The maximum Gasteiger partial charge on any atom is 0.247 e. The maximum atomic E-state index is 11.8. The molecular formula is C14H18N6O. The van der Waals surface area contributed by atoms with Crippen molar-refractivity contribution in [1.29, 1.82) is 0 Å². The molecule has 110 valence electrons. The normalized spacial score (nSPS) is 15.0. The molecule has 1 aliphatic rings. The summed E-state index contributed by atoms with van der Waals surface area (Å²) in [5.41, 5.74) is 1.08. The van der Waals surface area contributed by atoms with Gasteiger partial charge in [-0.15, -0.1) is 0 Å². The number of carbonyl (C=O) groups excluding carboxylic acids is 1. The van der Waals surface area contributed by atoms with Crippen LogP contribution < -0.4 is 15.5 Å². The SMILES string of the molecule is O=C(Cn1cccn1)Nc1ccc(N2CCNCC2)cn1. The van der Waals surface area contributed by atoms with Gasteiger partial charge in [-0.2, -0.15) is 5.10 Å². The Morgan fingerprint density at radius 2 is 2.19 bits per heavy atom. The largest absolute Gasteiger partial charge is 0.368 e. The first-order valence-corrected chi connectivity index (χ1v) is 7.00. The molecule has 0 aromatic carbocycles. The second kappa shape index (κ2) is 6.36. The van der Waals surface area contributed by atoms with Gasteiger partial charge in [0.2, 0.25) is 5.91 Å². The number of hydrogen-bond acceptors (Lipinski definition) is 5. The first-order valence-electron chi connectivity index (χ1n) is 7.00. The first-order chi connectivity index (χ1) is 10.3. The Hall–Kier alpha value is -2.41. The number of anilines is 2. The van der Waals surface area contributed by atoms with Crippen molar-refractivity contribution in [1.82, 2.24) is 20.1 Å². The molecule has 0 unspecified atom stereocenters. The molecule has 3 rings (SSSR count). The monoisotopic (exact) mass is 286 g/mol. The zero-order valence-electron chi connectivity index (χ0n) is 11.7. The summed E-state index contributed by atoms with van der Waals surface area (Å²) in [6.07, 6.45) is 5.20. The van der Waals surface area contributed by atoms with Gasteiger partial charge in [-0.05, 0) is 18.2 Å². The Morgan fingerprint density at radius 1 is 1.33 bits per heavy atom. The molecule has 0 aliphatic carbocycles. The molecule has 1 saturated heterocycles. The lowest BCUT2D eigenvalue weighted by molar-refractivity contribution is -0.116.